The number of benzene rings is 1. The summed E-state index contributed by atoms with van der Waals surface area (Å²) in [5.41, 5.74) is 2.84. The third-order valence-electron chi connectivity index (χ3n) is 3.28. The highest BCUT2D eigenvalue weighted by atomic mass is 16.3. The van der Waals surface area contributed by atoms with Gasteiger partial charge >= 0.3 is 0 Å². The molecular weight excluding hydrogens is 230 g/mol. The van der Waals surface area contributed by atoms with Crippen LogP contribution >= 0.6 is 0 Å². The van der Waals surface area contributed by atoms with Crippen molar-refractivity contribution in [1.29, 1.82) is 0 Å². The molecule has 0 saturated heterocycles. The average Bonchev–Trinajstić information content (AvgIpc) is 2.70. The highest BCUT2D eigenvalue weighted by Crippen LogP contribution is 2.46. The van der Waals surface area contributed by atoms with Crippen LogP contribution in [0.3, 0.4) is 0 Å². The van der Waals surface area contributed by atoms with E-state index in [1.54, 1.807) is 24.4 Å². The van der Waals surface area contributed by atoms with Gasteiger partial charge in [-0.3, -0.25) is 15.2 Å². The second-order valence-electron chi connectivity index (χ2n) is 4.15. The number of hydrogen-bond acceptors (Lipinski definition) is 4. The van der Waals surface area contributed by atoms with Gasteiger partial charge in [0.1, 0.15) is 0 Å². The highest BCUT2D eigenvalue weighted by molar-refractivity contribution is 5.98. The Morgan fingerprint density at radius 3 is 2.72 bits per heavy atom. The number of hydrazine groups is 1. The van der Waals surface area contributed by atoms with Gasteiger partial charge in [0.25, 0.3) is 5.91 Å². The van der Waals surface area contributed by atoms with Crippen molar-refractivity contribution in [3.05, 3.63) is 53.9 Å². The van der Waals surface area contributed by atoms with E-state index in [1.165, 1.54) is 6.20 Å². The van der Waals surface area contributed by atoms with Gasteiger partial charge in [-0.2, -0.15) is 0 Å². The van der Waals surface area contributed by atoms with Crippen LogP contribution in [0.25, 0.3) is 11.1 Å². The molecule has 1 aromatic heterocycles. The number of nitrogens with zero attached hydrogens (tertiary/aromatic N) is 1. The van der Waals surface area contributed by atoms with Gasteiger partial charge in [-0.05, 0) is 17.2 Å². The van der Waals surface area contributed by atoms with E-state index in [0.29, 0.717) is 11.1 Å². The van der Waals surface area contributed by atoms with Gasteiger partial charge < -0.3 is 5.11 Å². The number of rotatable bonds is 1. The van der Waals surface area contributed by atoms with Crippen LogP contribution in [0, 0.1) is 0 Å². The monoisotopic (exact) mass is 241 g/mol. The maximum Gasteiger partial charge on any atom is 0.275 e. The van der Waals surface area contributed by atoms with Crippen molar-refractivity contribution >= 4 is 5.91 Å². The molecule has 1 aliphatic carbocycles. The fraction of sp³-hybridized carbons (Fsp3) is 0.0769. The van der Waals surface area contributed by atoms with Gasteiger partial charge in [0.15, 0.2) is 5.60 Å². The smallest absolute Gasteiger partial charge is 0.275 e. The fourth-order valence-corrected chi connectivity index (χ4v) is 2.45. The molecule has 0 fully saturated rings. The molecule has 1 unspecified atom stereocenters. The predicted octanol–water partition coefficient (Wildman–Crippen LogP) is 0.288. The molecule has 5 heteroatoms. The maximum absolute atomic E-state index is 11.9. The molecule has 0 spiro atoms. The molecule has 2 aromatic rings. The molecule has 90 valence electrons. The Balaban J connectivity index is 2.37. The molecule has 1 atom stereocenters. The minimum absolute atomic E-state index is 0.453. The van der Waals surface area contributed by atoms with Crippen molar-refractivity contribution in [3.63, 3.8) is 0 Å². The minimum Gasteiger partial charge on any atom is -0.372 e. The number of aromatic nitrogens is 1. The Kier molecular flexibility index (Phi) is 2.19. The van der Waals surface area contributed by atoms with Crippen LogP contribution in [0.4, 0.5) is 0 Å². The minimum atomic E-state index is -1.77. The van der Waals surface area contributed by atoms with E-state index >= 15 is 0 Å². The van der Waals surface area contributed by atoms with Crippen LogP contribution in [0.2, 0.25) is 0 Å². The lowest BCUT2D eigenvalue weighted by Crippen LogP contribution is -2.47. The Morgan fingerprint density at radius 2 is 1.94 bits per heavy atom. The largest absolute Gasteiger partial charge is 0.372 e. The lowest BCUT2D eigenvalue weighted by molar-refractivity contribution is -0.136. The van der Waals surface area contributed by atoms with Crippen molar-refractivity contribution in [3.8, 4) is 11.1 Å². The summed E-state index contributed by atoms with van der Waals surface area (Å²) < 4.78 is 0. The Morgan fingerprint density at radius 1 is 1.22 bits per heavy atom. The van der Waals surface area contributed by atoms with Gasteiger partial charge in [-0.25, -0.2) is 5.84 Å². The summed E-state index contributed by atoms with van der Waals surface area (Å²) in [4.78, 5) is 15.9. The van der Waals surface area contributed by atoms with E-state index in [-0.39, 0.29) is 0 Å². The summed E-state index contributed by atoms with van der Waals surface area (Å²) in [6.07, 6.45) is 3.12. The van der Waals surface area contributed by atoms with Crippen LogP contribution in [0.5, 0.6) is 0 Å². The molecule has 1 aromatic carbocycles. The van der Waals surface area contributed by atoms with Crippen LogP contribution in [-0.2, 0) is 10.4 Å². The van der Waals surface area contributed by atoms with E-state index in [4.69, 9.17) is 5.84 Å². The van der Waals surface area contributed by atoms with Gasteiger partial charge in [0.05, 0.1) is 0 Å². The first-order chi connectivity index (χ1) is 8.69. The summed E-state index contributed by atoms with van der Waals surface area (Å²) in [7, 11) is 0. The second kappa shape index (κ2) is 3.63. The standard InChI is InChI=1S/C13H11N3O2/c14-16-12(17)13(18)10-4-2-1-3-8(10)9-5-6-15-7-11(9)13/h1-7,18H,14H2,(H,16,17). The zero-order valence-corrected chi connectivity index (χ0v) is 9.42. The lowest BCUT2D eigenvalue weighted by Gasteiger charge is -2.22. The van der Waals surface area contributed by atoms with Crippen molar-refractivity contribution in [2.24, 2.45) is 5.84 Å². The maximum atomic E-state index is 11.9. The number of hydrogen-bond donors (Lipinski definition) is 3. The van der Waals surface area contributed by atoms with Crippen LogP contribution < -0.4 is 11.3 Å². The summed E-state index contributed by atoms with van der Waals surface area (Å²) in [5.74, 6) is 4.51. The van der Waals surface area contributed by atoms with E-state index in [1.807, 2.05) is 17.6 Å². The number of nitrogens with two attached hydrogens (primary N) is 1. The summed E-state index contributed by atoms with van der Waals surface area (Å²) in [5, 5.41) is 10.7. The topological polar surface area (TPSA) is 88.2 Å². The molecule has 0 radical (unpaired) electrons. The molecule has 4 N–H and O–H groups in total. The average molecular weight is 241 g/mol. The second-order valence-corrected chi connectivity index (χ2v) is 4.15. The van der Waals surface area contributed by atoms with E-state index < -0.39 is 11.5 Å². The van der Waals surface area contributed by atoms with Crippen molar-refractivity contribution in [2.75, 3.05) is 0 Å². The van der Waals surface area contributed by atoms with Crippen molar-refractivity contribution in [1.82, 2.24) is 10.4 Å². The zero-order chi connectivity index (χ0) is 12.8. The summed E-state index contributed by atoms with van der Waals surface area (Å²) >= 11 is 0. The van der Waals surface area contributed by atoms with Gasteiger partial charge in [0.2, 0.25) is 0 Å². The Labute approximate surface area is 103 Å². The molecular formula is C13H11N3O2. The highest BCUT2D eigenvalue weighted by Gasteiger charge is 2.47. The molecule has 0 bridgehead atoms. The number of carbonyl (C=O) groups is 1. The lowest BCUT2D eigenvalue weighted by atomic mass is 9.91. The third kappa shape index (κ3) is 1.17. The number of pyridine rings is 1. The first kappa shape index (κ1) is 10.9. The molecule has 3 rings (SSSR count). The Hall–Kier alpha value is -2.24. The molecule has 1 heterocycles. The molecule has 5 nitrogen and oxygen atoms in total. The molecule has 1 aliphatic rings. The van der Waals surface area contributed by atoms with Crippen LogP contribution in [-0.4, -0.2) is 16.0 Å². The molecule has 0 aliphatic heterocycles. The molecule has 18 heavy (non-hydrogen) atoms. The van der Waals surface area contributed by atoms with Crippen molar-refractivity contribution in [2.45, 2.75) is 5.60 Å². The fourth-order valence-electron chi connectivity index (χ4n) is 2.45. The van der Waals surface area contributed by atoms with Gasteiger partial charge in [-0.1, -0.05) is 24.3 Å². The number of carbonyl (C=O) groups excluding carboxylic acids is 1. The summed E-state index contributed by atoms with van der Waals surface area (Å²) in [6.45, 7) is 0. The number of aliphatic hydroxyl groups is 1. The van der Waals surface area contributed by atoms with Crippen LogP contribution in [0.1, 0.15) is 11.1 Å². The SMILES string of the molecule is NNC(=O)C1(O)c2ccccc2-c2ccncc21. The molecule has 1 amide bonds. The molecule has 0 saturated carbocycles. The van der Waals surface area contributed by atoms with E-state index in [2.05, 4.69) is 4.98 Å². The number of fused-ring (bicyclic) bond motifs is 3. The van der Waals surface area contributed by atoms with Gasteiger partial charge in [0, 0.05) is 23.5 Å². The quantitative estimate of drug-likeness (QED) is 0.380. The third-order valence-corrected chi connectivity index (χ3v) is 3.28. The van der Waals surface area contributed by atoms with E-state index in [9.17, 15) is 9.90 Å². The summed E-state index contributed by atoms with van der Waals surface area (Å²) in [6, 6.07) is 8.97. The zero-order valence-electron chi connectivity index (χ0n) is 9.42. The van der Waals surface area contributed by atoms with E-state index in [0.717, 1.165) is 11.1 Å². The first-order valence-corrected chi connectivity index (χ1v) is 5.47. The normalized spacial score (nSPS) is 20.1. The van der Waals surface area contributed by atoms with Crippen LogP contribution in [0.15, 0.2) is 42.7 Å². The van der Waals surface area contributed by atoms with Crippen molar-refractivity contribution < 1.29 is 9.90 Å². The number of amides is 1. The predicted molar refractivity (Wildman–Crippen MR) is 65.0 cm³/mol. The number of nitrogens with one attached hydrogen (secondary N) is 1. The first-order valence-electron chi connectivity index (χ1n) is 5.47. The van der Waals surface area contributed by atoms with Gasteiger partial charge in [-0.15, -0.1) is 0 Å². The Bertz CT molecular complexity index is 594.